The number of aromatic nitrogens is 1. The number of amides is 1. The maximum Gasteiger partial charge on any atom is 0.223 e. The summed E-state index contributed by atoms with van der Waals surface area (Å²) in [5, 5.41) is 7.92. The molecule has 0 saturated carbocycles. The first-order valence-electron chi connectivity index (χ1n) is 10.8. The SMILES string of the molecule is CCc1nc(CCNC(=NC)NCC2CC(=O)N(CCc3ccccc3)C2)sc1C.I. The van der Waals surface area contributed by atoms with E-state index in [-0.39, 0.29) is 29.9 Å². The molecule has 1 saturated heterocycles. The largest absolute Gasteiger partial charge is 0.356 e. The number of aryl methyl sites for hydroxylation is 2. The number of guanidine groups is 1. The number of benzene rings is 1. The molecular weight excluding hydrogens is 521 g/mol. The molecule has 1 aliphatic heterocycles. The molecule has 1 aromatic heterocycles. The van der Waals surface area contributed by atoms with E-state index in [4.69, 9.17) is 4.98 Å². The van der Waals surface area contributed by atoms with Crippen molar-refractivity contribution in [3.8, 4) is 0 Å². The molecule has 1 unspecified atom stereocenters. The minimum absolute atomic E-state index is 0. The molecule has 1 atom stereocenters. The average Bonchev–Trinajstić information content (AvgIpc) is 3.30. The molecule has 170 valence electrons. The lowest BCUT2D eigenvalue weighted by molar-refractivity contribution is -0.127. The molecule has 2 aromatic rings. The van der Waals surface area contributed by atoms with E-state index in [0.717, 1.165) is 51.4 Å². The number of hydrogen-bond acceptors (Lipinski definition) is 4. The maximum atomic E-state index is 12.3. The molecular formula is C23H34IN5OS. The zero-order valence-corrected chi connectivity index (χ0v) is 21.8. The van der Waals surface area contributed by atoms with Gasteiger partial charge in [0.25, 0.3) is 0 Å². The maximum absolute atomic E-state index is 12.3. The van der Waals surface area contributed by atoms with Crippen LogP contribution in [0, 0.1) is 12.8 Å². The summed E-state index contributed by atoms with van der Waals surface area (Å²) in [5.41, 5.74) is 2.48. The van der Waals surface area contributed by atoms with Crippen LogP contribution in [0.3, 0.4) is 0 Å². The standard InChI is InChI=1S/C23H33N5OS.HI/c1-4-20-17(2)30-21(27-20)10-12-25-23(24-3)26-15-19-14-22(29)28(16-19)13-11-18-8-6-5-7-9-18;/h5-9,19H,4,10-16H2,1-3H3,(H2,24,25,26);1H. The van der Waals surface area contributed by atoms with Crippen LogP contribution in [0.15, 0.2) is 35.3 Å². The van der Waals surface area contributed by atoms with Gasteiger partial charge in [0, 0.05) is 56.9 Å². The van der Waals surface area contributed by atoms with Gasteiger partial charge >= 0.3 is 0 Å². The van der Waals surface area contributed by atoms with Crippen molar-refractivity contribution < 1.29 is 4.79 Å². The third kappa shape index (κ3) is 7.75. The summed E-state index contributed by atoms with van der Waals surface area (Å²) in [6.45, 7) is 7.44. The van der Waals surface area contributed by atoms with Crippen LogP contribution < -0.4 is 10.6 Å². The number of hydrogen-bond donors (Lipinski definition) is 2. The number of thiazole rings is 1. The van der Waals surface area contributed by atoms with Gasteiger partial charge in [-0.05, 0) is 25.3 Å². The van der Waals surface area contributed by atoms with Crippen LogP contribution in [-0.4, -0.2) is 55.0 Å². The Kier molecular flexibility index (Phi) is 10.7. The van der Waals surface area contributed by atoms with Crippen molar-refractivity contribution >= 4 is 47.2 Å². The van der Waals surface area contributed by atoms with Gasteiger partial charge in [0.2, 0.25) is 5.91 Å². The van der Waals surface area contributed by atoms with Gasteiger partial charge in [-0.1, -0.05) is 37.3 Å². The van der Waals surface area contributed by atoms with Crippen molar-refractivity contribution in [2.45, 2.75) is 39.5 Å². The van der Waals surface area contributed by atoms with Gasteiger partial charge in [0.1, 0.15) is 0 Å². The van der Waals surface area contributed by atoms with Crippen molar-refractivity contribution in [3.05, 3.63) is 51.5 Å². The normalized spacial score (nSPS) is 16.4. The summed E-state index contributed by atoms with van der Waals surface area (Å²) in [4.78, 5) is 24.7. The number of nitrogens with zero attached hydrogens (tertiary/aromatic N) is 3. The second-order valence-corrected chi connectivity index (χ2v) is 9.03. The summed E-state index contributed by atoms with van der Waals surface area (Å²) in [6.07, 6.45) is 3.39. The highest BCUT2D eigenvalue weighted by molar-refractivity contribution is 14.0. The summed E-state index contributed by atoms with van der Waals surface area (Å²) >= 11 is 1.78. The van der Waals surface area contributed by atoms with Gasteiger partial charge in [-0.3, -0.25) is 9.79 Å². The zero-order chi connectivity index (χ0) is 21.3. The lowest BCUT2D eigenvalue weighted by Crippen LogP contribution is -2.41. The fourth-order valence-corrected chi connectivity index (χ4v) is 4.81. The minimum atomic E-state index is 0. The van der Waals surface area contributed by atoms with Crippen molar-refractivity contribution in [1.29, 1.82) is 0 Å². The van der Waals surface area contributed by atoms with E-state index in [0.29, 0.717) is 12.3 Å². The monoisotopic (exact) mass is 555 g/mol. The smallest absolute Gasteiger partial charge is 0.223 e. The van der Waals surface area contributed by atoms with Crippen LogP contribution in [0.25, 0.3) is 0 Å². The Morgan fingerprint density at radius 1 is 1.26 bits per heavy atom. The summed E-state index contributed by atoms with van der Waals surface area (Å²) in [7, 11) is 1.78. The molecule has 0 bridgehead atoms. The van der Waals surface area contributed by atoms with Crippen molar-refractivity contribution in [2.24, 2.45) is 10.9 Å². The van der Waals surface area contributed by atoms with E-state index < -0.39 is 0 Å². The van der Waals surface area contributed by atoms with Gasteiger partial charge in [-0.15, -0.1) is 35.3 Å². The van der Waals surface area contributed by atoms with Crippen molar-refractivity contribution in [3.63, 3.8) is 0 Å². The molecule has 6 nitrogen and oxygen atoms in total. The van der Waals surface area contributed by atoms with E-state index in [2.05, 4.69) is 41.6 Å². The topological polar surface area (TPSA) is 69.6 Å². The fourth-order valence-electron chi connectivity index (χ4n) is 3.79. The highest BCUT2D eigenvalue weighted by Gasteiger charge is 2.29. The Balaban J connectivity index is 0.00000341. The molecule has 31 heavy (non-hydrogen) atoms. The Bertz CT molecular complexity index is 855. The predicted octanol–water partition coefficient (Wildman–Crippen LogP) is 3.43. The molecule has 2 N–H and O–H groups in total. The van der Waals surface area contributed by atoms with E-state index in [9.17, 15) is 4.79 Å². The Labute approximate surface area is 207 Å². The second-order valence-electron chi connectivity index (χ2n) is 7.74. The minimum Gasteiger partial charge on any atom is -0.356 e. The summed E-state index contributed by atoms with van der Waals surface area (Å²) < 4.78 is 0. The first-order chi connectivity index (χ1) is 14.6. The van der Waals surface area contributed by atoms with Crippen LogP contribution in [0.1, 0.15) is 34.5 Å². The quantitative estimate of drug-likeness (QED) is 0.283. The highest BCUT2D eigenvalue weighted by Crippen LogP contribution is 2.19. The van der Waals surface area contributed by atoms with E-state index in [1.807, 2.05) is 23.1 Å². The molecule has 1 aliphatic rings. The number of aliphatic imine (C=N–C) groups is 1. The third-order valence-electron chi connectivity index (χ3n) is 5.49. The lowest BCUT2D eigenvalue weighted by Gasteiger charge is -2.18. The van der Waals surface area contributed by atoms with Crippen LogP contribution in [0.4, 0.5) is 0 Å². The Morgan fingerprint density at radius 2 is 2.03 bits per heavy atom. The van der Waals surface area contributed by atoms with Gasteiger partial charge in [-0.2, -0.15) is 0 Å². The zero-order valence-electron chi connectivity index (χ0n) is 18.7. The van der Waals surface area contributed by atoms with E-state index >= 15 is 0 Å². The first-order valence-corrected chi connectivity index (χ1v) is 11.6. The highest BCUT2D eigenvalue weighted by atomic mass is 127. The van der Waals surface area contributed by atoms with E-state index in [1.54, 1.807) is 18.4 Å². The van der Waals surface area contributed by atoms with Gasteiger partial charge in [0.15, 0.2) is 5.96 Å². The number of rotatable bonds is 9. The molecule has 1 fully saturated rings. The molecule has 8 heteroatoms. The molecule has 2 heterocycles. The third-order valence-corrected chi connectivity index (χ3v) is 6.57. The number of carbonyl (C=O) groups is 1. The average molecular weight is 556 g/mol. The van der Waals surface area contributed by atoms with Crippen molar-refractivity contribution in [2.75, 3.05) is 33.2 Å². The lowest BCUT2D eigenvalue weighted by atomic mass is 10.1. The molecule has 1 amide bonds. The predicted molar refractivity (Wildman–Crippen MR) is 140 cm³/mol. The van der Waals surface area contributed by atoms with Crippen LogP contribution in [-0.2, 0) is 24.1 Å². The van der Waals surface area contributed by atoms with Crippen LogP contribution in [0.5, 0.6) is 0 Å². The van der Waals surface area contributed by atoms with Gasteiger partial charge in [-0.25, -0.2) is 4.98 Å². The summed E-state index contributed by atoms with van der Waals surface area (Å²) in [6, 6.07) is 10.3. The Morgan fingerprint density at radius 3 is 2.71 bits per heavy atom. The fraction of sp³-hybridized carbons (Fsp3) is 0.522. The molecule has 0 radical (unpaired) electrons. The number of halogens is 1. The molecule has 1 aromatic carbocycles. The molecule has 3 rings (SSSR count). The number of carbonyl (C=O) groups excluding carboxylic acids is 1. The van der Waals surface area contributed by atoms with Crippen LogP contribution >= 0.6 is 35.3 Å². The Hall–Kier alpha value is -1.68. The second kappa shape index (κ2) is 13.0. The van der Waals surface area contributed by atoms with E-state index in [1.165, 1.54) is 21.1 Å². The van der Waals surface area contributed by atoms with Gasteiger partial charge < -0.3 is 15.5 Å². The number of likely N-dealkylation sites (tertiary alicyclic amines) is 1. The van der Waals surface area contributed by atoms with Crippen LogP contribution in [0.2, 0.25) is 0 Å². The first kappa shape index (κ1) is 25.6. The number of nitrogens with one attached hydrogen (secondary N) is 2. The molecule has 0 aliphatic carbocycles. The summed E-state index contributed by atoms with van der Waals surface area (Å²) in [5.74, 6) is 1.36. The van der Waals surface area contributed by atoms with Crippen molar-refractivity contribution in [1.82, 2.24) is 20.5 Å². The van der Waals surface area contributed by atoms with Gasteiger partial charge in [0.05, 0.1) is 10.7 Å². The molecule has 0 spiro atoms.